The summed E-state index contributed by atoms with van der Waals surface area (Å²) in [6.07, 6.45) is 0. The van der Waals surface area contributed by atoms with Crippen LogP contribution in [0.4, 0.5) is 20.2 Å². The number of anilines is 1. The molecule has 0 bridgehead atoms. The Balaban J connectivity index is 1.66. The molecular weight excluding hydrogens is 550 g/mol. The van der Waals surface area contributed by atoms with Gasteiger partial charge in [-0.2, -0.15) is 5.26 Å². The lowest BCUT2D eigenvalue weighted by Crippen LogP contribution is -2.58. The van der Waals surface area contributed by atoms with Gasteiger partial charge in [-0.05, 0) is 47.5 Å². The highest BCUT2D eigenvalue weighted by molar-refractivity contribution is 5.94. The molecule has 0 N–H and O–H groups in total. The Morgan fingerprint density at radius 1 is 1.07 bits per heavy atom. The molecule has 0 spiro atoms. The number of benzene rings is 2. The van der Waals surface area contributed by atoms with E-state index in [1.807, 2.05) is 6.07 Å². The van der Waals surface area contributed by atoms with Crippen LogP contribution in [-0.2, 0) is 16.6 Å². The number of aryl methyl sites for hydroxylation is 1. The molecule has 2 aromatic heterocycles. The van der Waals surface area contributed by atoms with Crippen molar-refractivity contribution >= 4 is 28.4 Å². The maximum atomic E-state index is 13.8. The van der Waals surface area contributed by atoms with E-state index in [0.29, 0.717) is 11.1 Å². The summed E-state index contributed by atoms with van der Waals surface area (Å²) in [5.74, 6) is -1.57. The first-order valence-corrected chi connectivity index (χ1v) is 12.8. The van der Waals surface area contributed by atoms with Crippen LogP contribution in [0.2, 0.25) is 0 Å². The fourth-order valence-electron chi connectivity index (χ4n) is 5.43. The monoisotopic (exact) mass is 574 g/mol. The fraction of sp³-hybridized carbons (Fsp3) is 0.241. The number of carbonyl (C=O) groups is 1. The number of nitro groups is 1. The van der Waals surface area contributed by atoms with Gasteiger partial charge in [0, 0.05) is 26.7 Å². The van der Waals surface area contributed by atoms with Crippen molar-refractivity contribution in [2.24, 2.45) is 7.05 Å². The summed E-state index contributed by atoms with van der Waals surface area (Å²) in [6.45, 7) is 0.0894. The number of nitrogens with zero attached hydrogens (tertiary/aromatic N) is 6. The first-order valence-electron chi connectivity index (χ1n) is 12.8. The molecule has 3 heterocycles. The van der Waals surface area contributed by atoms with Crippen molar-refractivity contribution in [3.8, 4) is 6.07 Å². The molecule has 1 atom stereocenters. The van der Waals surface area contributed by atoms with E-state index in [1.165, 1.54) is 55.5 Å². The van der Waals surface area contributed by atoms with E-state index in [9.17, 15) is 33.7 Å². The Kier molecular flexibility index (Phi) is 7.64. The second-order valence-electron chi connectivity index (χ2n) is 9.72. The minimum absolute atomic E-state index is 0.00691. The Bertz CT molecular complexity index is 1740. The van der Waals surface area contributed by atoms with Gasteiger partial charge in [0.25, 0.3) is 0 Å². The van der Waals surface area contributed by atoms with Crippen LogP contribution in [0.15, 0.2) is 65.5 Å². The maximum absolute atomic E-state index is 13.8. The average Bonchev–Trinajstić information content (AvgIpc) is 3.00. The summed E-state index contributed by atoms with van der Waals surface area (Å²) in [4.78, 5) is 45.5. The molecule has 11 nitrogen and oxygen atoms in total. The molecule has 0 saturated carbocycles. The molecule has 1 saturated heterocycles. The summed E-state index contributed by atoms with van der Waals surface area (Å²) < 4.78 is 33.9. The lowest BCUT2D eigenvalue weighted by Gasteiger charge is -2.44. The van der Waals surface area contributed by atoms with Gasteiger partial charge in [-0.1, -0.05) is 24.3 Å². The quantitative estimate of drug-likeness (QED) is 0.193. The molecule has 4 aromatic rings. The number of esters is 1. The topological polar surface area (TPSA) is 135 Å². The highest BCUT2D eigenvalue weighted by Crippen LogP contribution is 2.37. The Morgan fingerprint density at radius 3 is 2.19 bits per heavy atom. The number of aromatic nitrogens is 2. The number of piperazine rings is 1. The number of halogens is 2. The molecule has 1 aliphatic rings. The van der Waals surface area contributed by atoms with E-state index in [2.05, 4.69) is 4.98 Å². The first-order chi connectivity index (χ1) is 20.1. The number of fused-ring (bicyclic) bond motifs is 1. The van der Waals surface area contributed by atoms with Crippen LogP contribution in [0, 0.1) is 33.1 Å². The predicted octanol–water partition coefficient (Wildman–Crippen LogP) is 3.44. The van der Waals surface area contributed by atoms with E-state index >= 15 is 0 Å². The molecular formula is C29H24F2N6O5. The van der Waals surface area contributed by atoms with Crippen LogP contribution in [-0.4, -0.2) is 58.1 Å². The number of hydrogen-bond acceptors (Lipinski definition) is 9. The molecule has 42 heavy (non-hydrogen) atoms. The highest BCUT2D eigenvalue weighted by Gasteiger charge is 2.41. The second kappa shape index (κ2) is 11.3. The van der Waals surface area contributed by atoms with E-state index in [0.717, 1.165) is 4.57 Å². The van der Waals surface area contributed by atoms with Gasteiger partial charge in [-0.25, -0.2) is 13.8 Å². The summed E-state index contributed by atoms with van der Waals surface area (Å²) >= 11 is 0. The zero-order valence-corrected chi connectivity index (χ0v) is 22.5. The van der Waals surface area contributed by atoms with Crippen molar-refractivity contribution in [2.75, 3.05) is 31.6 Å². The van der Waals surface area contributed by atoms with Crippen LogP contribution in [0.5, 0.6) is 0 Å². The third kappa shape index (κ3) is 5.04. The lowest BCUT2D eigenvalue weighted by atomic mass is 9.94. The van der Waals surface area contributed by atoms with Gasteiger partial charge in [0.2, 0.25) is 0 Å². The van der Waals surface area contributed by atoms with Crippen molar-refractivity contribution in [1.82, 2.24) is 14.5 Å². The number of ether oxygens (including phenoxy) is 1. The number of hydrogen-bond donors (Lipinski definition) is 0. The molecule has 13 heteroatoms. The average molecular weight is 575 g/mol. The third-order valence-electron chi connectivity index (χ3n) is 7.40. The van der Waals surface area contributed by atoms with Crippen molar-refractivity contribution in [2.45, 2.75) is 12.1 Å². The zero-order chi connectivity index (χ0) is 30.1. The number of rotatable bonds is 6. The first kappa shape index (κ1) is 28.3. The summed E-state index contributed by atoms with van der Waals surface area (Å²) in [7, 11) is 2.58. The van der Waals surface area contributed by atoms with Crippen molar-refractivity contribution in [1.29, 1.82) is 5.26 Å². The number of carbonyl (C=O) groups excluding carboxylic acids is 1. The third-order valence-corrected chi connectivity index (χ3v) is 7.40. The molecule has 0 radical (unpaired) electrons. The van der Waals surface area contributed by atoms with Gasteiger partial charge in [-0.15, -0.1) is 0 Å². The molecule has 1 fully saturated rings. The summed E-state index contributed by atoms with van der Waals surface area (Å²) in [6, 6.07) is 14.5. The van der Waals surface area contributed by atoms with Crippen molar-refractivity contribution in [3.63, 3.8) is 0 Å². The lowest BCUT2D eigenvalue weighted by molar-refractivity contribution is -0.385. The van der Waals surface area contributed by atoms with Crippen molar-refractivity contribution in [3.05, 3.63) is 110 Å². The Labute approximate surface area is 237 Å². The number of methoxy groups -OCH3 is 1. The van der Waals surface area contributed by atoms with E-state index in [-0.39, 0.29) is 42.0 Å². The van der Waals surface area contributed by atoms with Gasteiger partial charge in [0.05, 0.1) is 23.6 Å². The second-order valence-corrected chi connectivity index (χ2v) is 9.72. The van der Waals surface area contributed by atoms with Gasteiger partial charge in [0.15, 0.2) is 5.69 Å². The molecule has 1 unspecified atom stereocenters. The van der Waals surface area contributed by atoms with Crippen molar-refractivity contribution < 1.29 is 23.2 Å². The van der Waals surface area contributed by atoms with E-state index in [1.54, 1.807) is 29.2 Å². The van der Waals surface area contributed by atoms with Crippen LogP contribution in [0.3, 0.4) is 0 Å². The smallest absolute Gasteiger partial charge is 0.359 e. The summed E-state index contributed by atoms with van der Waals surface area (Å²) in [5, 5.41) is 21.7. The molecule has 2 aromatic carbocycles. The molecule has 0 amide bonds. The normalized spacial score (nSPS) is 15.5. The molecule has 0 aliphatic carbocycles. The number of nitriles is 1. The maximum Gasteiger partial charge on any atom is 0.359 e. The van der Waals surface area contributed by atoms with Gasteiger partial charge < -0.3 is 14.2 Å². The zero-order valence-electron chi connectivity index (χ0n) is 22.5. The molecule has 1 aliphatic heterocycles. The number of pyridine rings is 2. The van der Waals surface area contributed by atoms with Crippen LogP contribution in [0.1, 0.15) is 22.9 Å². The highest BCUT2D eigenvalue weighted by atomic mass is 19.1. The SMILES string of the molecule is COC(=O)C1CN(c2c([N+](=O)[O-])c(=O)n(C)c3ccc(C#N)nc23)CCN1C(c1ccc(F)cc1)c1ccc(F)cc1. The van der Waals surface area contributed by atoms with Crippen LogP contribution in [0.25, 0.3) is 11.0 Å². The fourth-order valence-corrected chi connectivity index (χ4v) is 5.43. The Hall–Kier alpha value is -5.22. The minimum atomic E-state index is -1.03. The Morgan fingerprint density at radius 2 is 1.67 bits per heavy atom. The molecule has 5 rings (SSSR count). The van der Waals surface area contributed by atoms with E-state index in [4.69, 9.17) is 4.74 Å². The van der Waals surface area contributed by atoms with Gasteiger partial charge in [0.1, 0.15) is 35.0 Å². The summed E-state index contributed by atoms with van der Waals surface area (Å²) in [5.41, 5.74) is -0.150. The standard InChI is InChI=1S/C29H24F2N6O5/c1-34-22-12-11-21(15-32)33-24(22)26(27(28(34)38)37(40)41)35-13-14-36(23(16-35)29(39)42-2)25(17-3-7-19(30)8-4-17)18-5-9-20(31)10-6-18/h3-12,23,25H,13-14,16H2,1-2H3. The predicted molar refractivity (Wildman–Crippen MR) is 148 cm³/mol. The van der Waals surface area contributed by atoms with E-state index < -0.39 is 45.9 Å². The van der Waals surface area contributed by atoms with Crippen LogP contribution < -0.4 is 10.5 Å². The van der Waals surface area contributed by atoms with Gasteiger partial charge in [-0.3, -0.25) is 24.6 Å². The van der Waals surface area contributed by atoms with Crippen LogP contribution >= 0.6 is 0 Å². The van der Waals surface area contributed by atoms with Gasteiger partial charge >= 0.3 is 17.2 Å². The molecule has 214 valence electrons. The minimum Gasteiger partial charge on any atom is -0.468 e. The largest absolute Gasteiger partial charge is 0.468 e.